The number of carbonyl (C=O) groups excluding carboxylic acids is 2. The fourth-order valence-corrected chi connectivity index (χ4v) is 2.49. The van der Waals surface area contributed by atoms with Crippen LogP contribution in [0.3, 0.4) is 0 Å². The Kier molecular flexibility index (Phi) is 4.43. The maximum atomic E-state index is 12.5. The van der Waals surface area contributed by atoms with Crippen molar-refractivity contribution in [1.29, 1.82) is 0 Å². The molecular formula is C17H21N5O3. The van der Waals surface area contributed by atoms with E-state index in [4.69, 9.17) is 4.74 Å². The summed E-state index contributed by atoms with van der Waals surface area (Å²) in [6.07, 6.45) is 1.63. The molecule has 132 valence electrons. The van der Waals surface area contributed by atoms with E-state index in [0.29, 0.717) is 18.9 Å². The second-order valence-corrected chi connectivity index (χ2v) is 6.83. The first-order chi connectivity index (χ1) is 11.8. The topological polar surface area (TPSA) is 89.3 Å². The van der Waals surface area contributed by atoms with Gasteiger partial charge in [0.05, 0.1) is 5.69 Å². The fourth-order valence-electron chi connectivity index (χ4n) is 2.49. The number of aromatic nitrogens is 3. The number of anilines is 1. The minimum absolute atomic E-state index is 0.303. The van der Waals surface area contributed by atoms with Gasteiger partial charge in [0, 0.05) is 6.54 Å². The zero-order chi connectivity index (χ0) is 18.0. The van der Waals surface area contributed by atoms with E-state index in [1.54, 1.807) is 25.3 Å². The Labute approximate surface area is 145 Å². The van der Waals surface area contributed by atoms with Gasteiger partial charge in [0.1, 0.15) is 18.0 Å². The highest BCUT2D eigenvalue weighted by molar-refractivity contribution is 5.96. The number of benzene rings is 1. The number of nitrogens with one attached hydrogen (secondary N) is 1. The normalized spacial score (nSPS) is 16.9. The molecule has 1 saturated heterocycles. The van der Waals surface area contributed by atoms with Crippen LogP contribution in [0.2, 0.25) is 0 Å². The summed E-state index contributed by atoms with van der Waals surface area (Å²) in [6.45, 7) is 5.88. The van der Waals surface area contributed by atoms with Crippen LogP contribution in [0, 0.1) is 0 Å². The van der Waals surface area contributed by atoms with E-state index in [1.807, 2.05) is 30.3 Å². The van der Waals surface area contributed by atoms with E-state index in [0.717, 1.165) is 5.69 Å². The maximum absolute atomic E-state index is 12.5. The fraction of sp³-hybridized carbons (Fsp3) is 0.412. The van der Waals surface area contributed by atoms with Gasteiger partial charge in [0.15, 0.2) is 0 Å². The van der Waals surface area contributed by atoms with E-state index in [9.17, 15) is 9.59 Å². The molecule has 2 aromatic rings. The van der Waals surface area contributed by atoms with Gasteiger partial charge in [0.25, 0.3) is 0 Å². The summed E-state index contributed by atoms with van der Waals surface area (Å²) in [4.78, 5) is 26.1. The molecule has 8 heteroatoms. The molecule has 0 unspecified atom stereocenters. The molecule has 3 rings (SSSR count). The number of carbonyl (C=O) groups is 2. The molecule has 0 aliphatic carbocycles. The highest BCUT2D eigenvalue weighted by atomic mass is 16.6. The lowest BCUT2D eigenvalue weighted by Gasteiger charge is -2.39. The van der Waals surface area contributed by atoms with Gasteiger partial charge in [-0.2, -0.15) is 0 Å². The first-order valence-corrected chi connectivity index (χ1v) is 8.11. The zero-order valence-electron chi connectivity index (χ0n) is 14.5. The standard InChI is InChI=1S/C17H21N5O3/c1-17(2,3)25-16(24)21-10-9-13(21)14(23)19-15-20-18-11-22(15)12-7-5-4-6-8-12/h4-8,11,13H,9-10H2,1-3H3,(H,19,20,23)/t13-/m1/s1. The molecule has 25 heavy (non-hydrogen) atoms. The van der Waals surface area contributed by atoms with Crippen molar-refractivity contribution in [2.45, 2.75) is 38.8 Å². The van der Waals surface area contributed by atoms with Gasteiger partial charge in [-0.05, 0) is 39.3 Å². The summed E-state index contributed by atoms with van der Waals surface area (Å²) in [5.74, 6) is 0.00882. The summed E-state index contributed by atoms with van der Waals surface area (Å²) in [5, 5.41) is 10.5. The average molecular weight is 343 g/mol. The SMILES string of the molecule is CC(C)(C)OC(=O)N1CC[C@@H]1C(=O)Nc1nncn1-c1ccccc1. The number of amides is 2. The summed E-state index contributed by atoms with van der Waals surface area (Å²) in [7, 11) is 0. The van der Waals surface area contributed by atoms with Crippen molar-refractivity contribution in [3.8, 4) is 5.69 Å². The largest absolute Gasteiger partial charge is 0.444 e. The van der Waals surface area contributed by atoms with Crippen LogP contribution < -0.4 is 5.32 Å². The van der Waals surface area contributed by atoms with E-state index < -0.39 is 17.7 Å². The molecule has 8 nitrogen and oxygen atoms in total. The number of ether oxygens (including phenoxy) is 1. The Morgan fingerprint density at radius 1 is 1.24 bits per heavy atom. The molecule has 1 aromatic heterocycles. The molecular weight excluding hydrogens is 322 g/mol. The Balaban J connectivity index is 1.68. The molecule has 0 spiro atoms. The summed E-state index contributed by atoms with van der Waals surface area (Å²) in [5.41, 5.74) is 0.238. The van der Waals surface area contributed by atoms with Gasteiger partial charge in [-0.25, -0.2) is 4.79 Å². The van der Waals surface area contributed by atoms with Crippen molar-refractivity contribution in [3.63, 3.8) is 0 Å². The molecule has 1 atom stereocenters. The van der Waals surface area contributed by atoms with Crippen molar-refractivity contribution < 1.29 is 14.3 Å². The summed E-state index contributed by atoms with van der Waals surface area (Å²) < 4.78 is 7.00. The monoisotopic (exact) mass is 343 g/mol. The third-order valence-corrected chi connectivity index (χ3v) is 3.77. The second-order valence-electron chi connectivity index (χ2n) is 6.83. The number of likely N-dealkylation sites (tertiary alicyclic amines) is 1. The number of hydrogen-bond donors (Lipinski definition) is 1. The van der Waals surface area contributed by atoms with E-state index in [-0.39, 0.29) is 5.91 Å². The lowest BCUT2D eigenvalue weighted by Crippen LogP contribution is -2.57. The van der Waals surface area contributed by atoms with E-state index in [1.165, 1.54) is 11.2 Å². The predicted octanol–water partition coefficient (Wildman–Crippen LogP) is 2.22. The van der Waals surface area contributed by atoms with Crippen LogP contribution in [0.5, 0.6) is 0 Å². The van der Waals surface area contributed by atoms with Crippen molar-refractivity contribution in [2.75, 3.05) is 11.9 Å². The Bertz CT molecular complexity index is 766. The smallest absolute Gasteiger partial charge is 0.410 e. The Morgan fingerprint density at radius 2 is 1.96 bits per heavy atom. The van der Waals surface area contributed by atoms with E-state index in [2.05, 4.69) is 15.5 Å². The molecule has 2 amide bonds. The molecule has 1 aromatic carbocycles. The molecule has 1 fully saturated rings. The molecule has 0 saturated carbocycles. The quantitative estimate of drug-likeness (QED) is 0.923. The van der Waals surface area contributed by atoms with Gasteiger partial charge < -0.3 is 4.74 Å². The van der Waals surface area contributed by atoms with Crippen molar-refractivity contribution in [3.05, 3.63) is 36.7 Å². The Hall–Kier alpha value is -2.90. The van der Waals surface area contributed by atoms with Crippen LogP contribution in [-0.2, 0) is 9.53 Å². The highest BCUT2D eigenvalue weighted by Gasteiger charge is 2.40. The first kappa shape index (κ1) is 16.9. The highest BCUT2D eigenvalue weighted by Crippen LogP contribution is 2.23. The predicted molar refractivity (Wildman–Crippen MR) is 91.3 cm³/mol. The van der Waals surface area contributed by atoms with Gasteiger partial charge >= 0.3 is 6.09 Å². The third-order valence-electron chi connectivity index (χ3n) is 3.77. The average Bonchev–Trinajstić information content (AvgIpc) is 2.92. The van der Waals surface area contributed by atoms with Crippen molar-refractivity contribution in [1.82, 2.24) is 19.7 Å². The molecule has 0 bridgehead atoms. The van der Waals surface area contributed by atoms with Crippen molar-refractivity contribution in [2.24, 2.45) is 0 Å². The lowest BCUT2D eigenvalue weighted by atomic mass is 10.0. The van der Waals surface area contributed by atoms with Gasteiger partial charge in [-0.15, -0.1) is 10.2 Å². The zero-order valence-corrected chi connectivity index (χ0v) is 14.5. The number of rotatable bonds is 3. The summed E-state index contributed by atoms with van der Waals surface area (Å²) in [6, 6.07) is 8.88. The second kappa shape index (κ2) is 6.54. The molecule has 1 N–H and O–H groups in total. The minimum atomic E-state index is -0.596. The van der Waals surface area contributed by atoms with Crippen LogP contribution >= 0.6 is 0 Å². The number of para-hydroxylation sites is 1. The first-order valence-electron chi connectivity index (χ1n) is 8.11. The van der Waals surface area contributed by atoms with Gasteiger partial charge in [-0.1, -0.05) is 18.2 Å². The number of hydrogen-bond acceptors (Lipinski definition) is 5. The summed E-state index contributed by atoms with van der Waals surface area (Å²) >= 11 is 0. The molecule has 0 radical (unpaired) electrons. The molecule has 1 aliphatic rings. The van der Waals surface area contributed by atoms with Crippen LogP contribution in [0.4, 0.5) is 10.7 Å². The third kappa shape index (κ3) is 3.78. The minimum Gasteiger partial charge on any atom is -0.444 e. The number of nitrogens with zero attached hydrogens (tertiary/aromatic N) is 4. The van der Waals surface area contributed by atoms with Gasteiger partial charge in [-0.3, -0.25) is 19.6 Å². The van der Waals surface area contributed by atoms with Crippen LogP contribution in [0.1, 0.15) is 27.2 Å². The molecule has 1 aliphatic heterocycles. The maximum Gasteiger partial charge on any atom is 0.410 e. The van der Waals surface area contributed by atoms with Crippen molar-refractivity contribution >= 4 is 17.9 Å². The van der Waals surface area contributed by atoms with Gasteiger partial charge in [0.2, 0.25) is 11.9 Å². The van der Waals surface area contributed by atoms with Crippen LogP contribution in [-0.4, -0.2) is 49.9 Å². The lowest BCUT2D eigenvalue weighted by molar-refractivity contribution is -0.125. The Morgan fingerprint density at radius 3 is 2.56 bits per heavy atom. The molecule has 2 heterocycles. The van der Waals surface area contributed by atoms with E-state index >= 15 is 0 Å². The van der Waals surface area contributed by atoms with Crippen LogP contribution in [0.25, 0.3) is 5.69 Å². The van der Waals surface area contributed by atoms with Crippen LogP contribution in [0.15, 0.2) is 36.7 Å².